The number of carbonyl (C=O) groups excluding carboxylic acids is 1. The fourth-order valence-corrected chi connectivity index (χ4v) is 2.83. The second-order valence-corrected chi connectivity index (χ2v) is 5.60. The first-order valence-corrected chi connectivity index (χ1v) is 7.28. The molecule has 1 heterocycles. The summed E-state index contributed by atoms with van der Waals surface area (Å²) in [5.74, 6) is 5.63. The van der Waals surface area contributed by atoms with Crippen LogP contribution in [0.1, 0.15) is 41.7 Å². The highest BCUT2D eigenvalue weighted by Crippen LogP contribution is 2.27. The monoisotopic (exact) mass is 268 g/mol. The van der Waals surface area contributed by atoms with Crippen molar-refractivity contribution in [3.63, 3.8) is 0 Å². The Labute approximate surface area is 111 Å². The van der Waals surface area contributed by atoms with Gasteiger partial charge < -0.3 is 0 Å². The summed E-state index contributed by atoms with van der Waals surface area (Å²) in [6.45, 7) is 5.15. The van der Waals surface area contributed by atoms with Crippen molar-refractivity contribution in [2.75, 3.05) is 13.1 Å². The second kappa shape index (κ2) is 6.26. The van der Waals surface area contributed by atoms with Gasteiger partial charge in [0, 0.05) is 18.5 Å². The van der Waals surface area contributed by atoms with E-state index in [0.717, 1.165) is 31.2 Å². The number of hydrazine groups is 1. The Hall–Kier alpha value is -0.980. The molecule has 0 unspecified atom stereocenters. The summed E-state index contributed by atoms with van der Waals surface area (Å²) in [5.41, 5.74) is 3.07. The van der Waals surface area contributed by atoms with Crippen LogP contribution in [0.4, 0.5) is 0 Å². The zero-order valence-electron chi connectivity index (χ0n) is 10.7. The first kappa shape index (κ1) is 13.5. The van der Waals surface area contributed by atoms with E-state index in [1.54, 1.807) is 0 Å². The number of amides is 1. The number of hydrogen-bond acceptors (Lipinski definition) is 5. The van der Waals surface area contributed by atoms with E-state index in [4.69, 9.17) is 5.84 Å². The van der Waals surface area contributed by atoms with Gasteiger partial charge in [0.25, 0.3) is 5.91 Å². The molecule has 1 aliphatic rings. The number of carbonyl (C=O) groups is 1. The van der Waals surface area contributed by atoms with Crippen LogP contribution in [0.5, 0.6) is 0 Å². The predicted octanol–water partition coefficient (Wildman–Crippen LogP) is 1.37. The molecule has 1 aromatic heterocycles. The Morgan fingerprint density at radius 1 is 1.67 bits per heavy atom. The van der Waals surface area contributed by atoms with Gasteiger partial charge in [-0.25, -0.2) is 10.8 Å². The van der Waals surface area contributed by atoms with Crippen LogP contribution >= 0.6 is 11.3 Å². The van der Waals surface area contributed by atoms with Gasteiger partial charge in [-0.15, -0.1) is 11.3 Å². The summed E-state index contributed by atoms with van der Waals surface area (Å²) < 4.78 is 0. The smallest absolute Gasteiger partial charge is 0.294 e. The van der Waals surface area contributed by atoms with Crippen LogP contribution < -0.4 is 11.3 Å². The molecule has 3 N–H and O–H groups in total. The Kier molecular flexibility index (Phi) is 4.68. The van der Waals surface area contributed by atoms with E-state index in [0.29, 0.717) is 5.01 Å². The predicted molar refractivity (Wildman–Crippen MR) is 72.1 cm³/mol. The molecule has 0 aromatic carbocycles. The molecule has 6 heteroatoms. The molecule has 1 amide bonds. The summed E-state index contributed by atoms with van der Waals surface area (Å²) in [7, 11) is 0. The van der Waals surface area contributed by atoms with E-state index in [9.17, 15) is 4.79 Å². The summed E-state index contributed by atoms with van der Waals surface area (Å²) in [4.78, 5) is 18.0. The van der Waals surface area contributed by atoms with Crippen molar-refractivity contribution in [3.8, 4) is 0 Å². The lowest BCUT2D eigenvalue weighted by molar-refractivity contribution is 0.0953. The molecular formula is C12H20N4OS. The van der Waals surface area contributed by atoms with Gasteiger partial charge in [-0.2, -0.15) is 0 Å². The van der Waals surface area contributed by atoms with Gasteiger partial charge in [0.2, 0.25) is 0 Å². The zero-order valence-corrected chi connectivity index (χ0v) is 11.5. The molecule has 0 atom stereocenters. The van der Waals surface area contributed by atoms with E-state index < -0.39 is 0 Å². The molecule has 1 aliphatic carbocycles. The minimum Gasteiger partial charge on any atom is -0.297 e. The number of nitrogen functional groups attached to an aromatic ring is 1. The van der Waals surface area contributed by atoms with Gasteiger partial charge in [-0.3, -0.25) is 15.1 Å². The standard InChI is InChI=1S/C12H20N4OS/c1-2-16(6-9-4-3-5-9)7-10-8-18-12(14-10)11(17)15-13/h8-9H,2-7,13H2,1H3,(H,15,17). The maximum absolute atomic E-state index is 11.3. The van der Waals surface area contributed by atoms with Crippen molar-refractivity contribution in [3.05, 3.63) is 16.1 Å². The van der Waals surface area contributed by atoms with Crippen molar-refractivity contribution in [2.45, 2.75) is 32.7 Å². The lowest BCUT2D eigenvalue weighted by Crippen LogP contribution is -2.32. The Bertz CT molecular complexity index is 403. The van der Waals surface area contributed by atoms with Crippen LogP contribution in [0.2, 0.25) is 0 Å². The third kappa shape index (κ3) is 3.28. The number of hydrogen-bond donors (Lipinski definition) is 2. The van der Waals surface area contributed by atoms with Gasteiger partial charge in [0.1, 0.15) is 0 Å². The quantitative estimate of drug-likeness (QED) is 0.464. The van der Waals surface area contributed by atoms with Crippen LogP contribution in [-0.2, 0) is 6.54 Å². The van der Waals surface area contributed by atoms with E-state index in [1.807, 2.05) is 5.38 Å². The number of rotatable bonds is 6. The first-order valence-electron chi connectivity index (χ1n) is 6.40. The fraction of sp³-hybridized carbons (Fsp3) is 0.667. The molecule has 0 radical (unpaired) electrons. The fourth-order valence-electron chi connectivity index (χ4n) is 2.12. The number of thiazole rings is 1. The minimum atomic E-state index is -0.312. The van der Waals surface area contributed by atoms with Gasteiger partial charge in [0.15, 0.2) is 5.01 Å². The van der Waals surface area contributed by atoms with E-state index in [1.165, 1.54) is 30.6 Å². The maximum atomic E-state index is 11.3. The summed E-state index contributed by atoms with van der Waals surface area (Å²) in [6.07, 6.45) is 4.09. The van der Waals surface area contributed by atoms with Gasteiger partial charge >= 0.3 is 0 Å². The van der Waals surface area contributed by atoms with Gasteiger partial charge in [-0.05, 0) is 25.3 Å². The Morgan fingerprint density at radius 2 is 2.44 bits per heavy atom. The maximum Gasteiger partial charge on any atom is 0.294 e. The molecule has 1 saturated carbocycles. The van der Waals surface area contributed by atoms with Crippen LogP contribution in [-0.4, -0.2) is 28.9 Å². The SMILES string of the molecule is CCN(Cc1csc(C(=O)NN)n1)CC1CCC1. The average Bonchev–Trinajstić information content (AvgIpc) is 2.79. The van der Waals surface area contributed by atoms with Crippen LogP contribution in [0.15, 0.2) is 5.38 Å². The number of nitrogens with two attached hydrogens (primary N) is 1. The number of nitrogens with zero attached hydrogens (tertiary/aromatic N) is 2. The largest absolute Gasteiger partial charge is 0.297 e. The lowest BCUT2D eigenvalue weighted by Gasteiger charge is -2.31. The van der Waals surface area contributed by atoms with Crippen molar-refractivity contribution < 1.29 is 4.79 Å². The normalized spacial score (nSPS) is 15.7. The molecule has 1 aromatic rings. The highest BCUT2D eigenvalue weighted by atomic mass is 32.1. The minimum absolute atomic E-state index is 0.312. The average molecular weight is 268 g/mol. The van der Waals surface area contributed by atoms with Gasteiger partial charge in [0.05, 0.1) is 5.69 Å². The molecule has 0 aliphatic heterocycles. The third-order valence-electron chi connectivity index (χ3n) is 3.45. The van der Waals surface area contributed by atoms with Crippen molar-refractivity contribution in [2.24, 2.45) is 11.8 Å². The molecule has 2 rings (SSSR count). The Morgan fingerprint density at radius 3 is 3.00 bits per heavy atom. The second-order valence-electron chi connectivity index (χ2n) is 4.74. The zero-order chi connectivity index (χ0) is 13.0. The topological polar surface area (TPSA) is 71.2 Å². The molecule has 0 spiro atoms. The lowest BCUT2D eigenvalue weighted by atomic mass is 9.85. The van der Waals surface area contributed by atoms with Gasteiger partial charge in [-0.1, -0.05) is 13.3 Å². The molecule has 1 fully saturated rings. The highest BCUT2D eigenvalue weighted by molar-refractivity contribution is 7.11. The summed E-state index contributed by atoms with van der Waals surface area (Å²) in [5, 5.41) is 2.38. The molecule has 100 valence electrons. The van der Waals surface area contributed by atoms with E-state index in [2.05, 4.69) is 22.2 Å². The van der Waals surface area contributed by atoms with Crippen molar-refractivity contribution >= 4 is 17.2 Å². The first-order chi connectivity index (χ1) is 8.72. The summed E-state index contributed by atoms with van der Waals surface area (Å²) in [6, 6.07) is 0. The highest BCUT2D eigenvalue weighted by Gasteiger charge is 2.20. The summed E-state index contributed by atoms with van der Waals surface area (Å²) >= 11 is 1.34. The molecule has 5 nitrogen and oxygen atoms in total. The molecule has 0 saturated heterocycles. The third-order valence-corrected chi connectivity index (χ3v) is 4.34. The van der Waals surface area contributed by atoms with Crippen LogP contribution in [0, 0.1) is 5.92 Å². The van der Waals surface area contributed by atoms with Crippen LogP contribution in [0.3, 0.4) is 0 Å². The van der Waals surface area contributed by atoms with Crippen molar-refractivity contribution in [1.82, 2.24) is 15.3 Å². The number of aromatic nitrogens is 1. The van der Waals surface area contributed by atoms with Crippen LogP contribution in [0.25, 0.3) is 0 Å². The molecule has 0 bridgehead atoms. The van der Waals surface area contributed by atoms with Crippen molar-refractivity contribution in [1.29, 1.82) is 0 Å². The van der Waals surface area contributed by atoms with E-state index >= 15 is 0 Å². The Balaban J connectivity index is 1.89. The molecule has 18 heavy (non-hydrogen) atoms. The van der Waals surface area contributed by atoms with E-state index in [-0.39, 0.29) is 5.91 Å². The number of nitrogens with one attached hydrogen (secondary N) is 1. The molecular weight excluding hydrogens is 248 g/mol.